The van der Waals surface area contributed by atoms with E-state index in [1.807, 2.05) is 97.1 Å². The summed E-state index contributed by atoms with van der Waals surface area (Å²) >= 11 is 0. The van der Waals surface area contributed by atoms with E-state index < -0.39 is 0 Å². The summed E-state index contributed by atoms with van der Waals surface area (Å²) in [5, 5.41) is 1.69. The molecule has 0 saturated heterocycles. The van der Waals surface area contributed by atoms with Crippen molar-refractivity contribution >= 4 is 21.8 Å². The van der Waals surface area contributed by atoms with Crippen LogP contribution in [0.3, 0.4) is 0 Å². The summed E-state index contributed by atoms with van der Waals surface area (Å²) in [6, 6.07) is 43.4. The van der Waals surface area contributed by atoms with Crippen molar-refractivity contribution in [2.45, 2.75) is 0 Å². The van der Waals surface area contributed by atoms with E-state index >= 15 is 0 Å². The maximum absolute atomic E-state index is 8.20. The number of pyridine rings is 2. The first-order valence-corrected chi connectivity index (χ1v) is 14.1. The first-order valence-electron chi connectivity index (χ1n) is 15.1. The molecule has 8 aromatic rings. The third-order valence-corrected chi connectivity index (χ3v) is 7.06. The first kappa shape index (κ1) is 29.4. The minimum Gasteiger partial charge on any atom is -0.503 e. The summed E-state index contributed by atoms with van der Waals surface area (Å²) in [5.74, 6) is 2.08. The molecule has 4 aromatic heterocycles. The second-order valence-electron chi connectivity index (χ2n) is 9.92. The van der Waals surface area contributed by atoms with Crippen LogP contribution in [-0.4, -0.2) is 24.5 Å². The smallest absolute Gasteiger partial charge is 0.503 e. The zero-order chi connectivity index (χ0) is 31.7. The molecule has 8 rings (SSSR count). The van der Waals surface area contributed by atoms with Crippen molar-refractivity contribution in [2.24, 2.45) is 0 Å². The van der Waals surface area contributed by atoms with Gasteiger partial charge in [-0.25, -0.2) is 9.97 Å². The fourth-order valence-corrected chi connectivity index (χ4v) is 5.08. The average Bonchev–Trinajstić information content (AvgIpc) is 3.43. The van der Waals surface area contributed by atoms with Crippen molar-refractivity contribution in [3.05, 3.63) is 152 Å². The van der Waals surface area contributed by atoms with Crippen molar-refractivity contribution in [1.29, 1.82) is 0 Å². The molecular formula is C38H21N5O2Pd2. The standard InChI is InChI=1S/C38H21N5O2.2Pd/c1-3-18-39-34(12-1)26-8-5-10-28(22-26)44-30-14-16-32-33-17-15-31(25-37(33)43(36(32)24-30)38-41-20-7-21-42-38)45-29-11-6-9-27(23-29)35-13-2-4-19-40-35;;/h1-21H;;/q-4;2*+2/i7D,20D;;. The molecule has 0 fully saturated rings. The number of benzene rings is 4. The van der Waals surface area contributed by atoms with E-state index in [1.165, 1.54) is 6.20 Å². The number of fused-ring (bicyclic) bond motifs is 3. The monoisotopic (exact) mass is 793 g/mol. The van der Waals surface area contributed by atoms with Gasteiger partial charge < -0.3 is 24.0 Å². The van der Waals surface area contributed by atoms with Crippen molar-refractivity contribution < 1.29 is 53.1 Å². The Labute approximate surface area is 301 Å². The normalized spacial score (nSPS) is 11.2. The van der Waals surface area contributed by atoms with Crippen LogP contribution >= 0.6 is 0 Å². The molecule has 0 amide bonds. The van der Waals surface area contributed by atoms with Gasteiger partial charge in [0.1, 0.15) is 0 Å². The van der Waals surface area contributed by atoms with E-state index in [2.05, 4.69) is 44.2 Å². The summed E-state index contributed by atoms with van der Waals surface area (Å²) in [6.45, 7) is 0. The van der Waals surface area contributed by atoms with Gasteiger partial charge in [0.2, 0.25) is 5.95 Å². The van der Waals surface area contributed by atoms with Gasteiger partial charge in [0.05, 0.1) is 2.74 Å². The Balaban J connectivity index is 0.00000208. The minimum absolute atomic E-state index is 0. The molecule has 4 aromatic carbocycles. The Bertz CT molecular complexity index is 2270. The predicted octanol–water partition coefficient (Wildman–Crippen LogP) is 8.48. The van der Waals surface area contributed by atoms with Crippen LogP contribution in [0.25, 0.3) is 50.3 Å². The fraction of sp³-hybridized carbons (Fsp3) is 0. The SMILES string of the molecule is [2H]c1cnc(-n2c3[c-]c(Oc4[c-]c(-c5ccccn5)ccc4)ccc3c3ccc(Oc4[c-]c(-c5ccccn5)ccc4)[c-]c32)nc1[2H].[Pd+2].[Pd+2]. The molecular weight excluding hydrogens is 771 g/mol. The molecule has 0 atom stereocenters. The van der Waals surface area contributed by atoms with Gasteiger partial charge in [-0.15, -0.1) is 71.8 Å². The molecule has 0 saturated carbocycles. The van der Waals surface area contributed by atoms with Crippen LogP contribution in [0.4, 0.5) is 0 Å². The zero-order valence-electron chi connectivity index (χ0n) is 26.2. The summed E-state index contributed by atoms with van der Waals surface area (Å²) in [6.07, 6.45) is 4.57. The Morgan fingerprint density at radius 1 is 0.511 bits per heavy atom. The number of aromatic nitrogens is 5. The Morgan fingerprint density at radius 2 is 1.04 bits per heavy atom. The largest absolute Gasteiger partial charge is 2.00 e. The summed E-state index contributed by atoms with van der Waals surface area (Å²) in [7, 11) is 0. The molecule has 0 aliphatic rings. The van der Waals surface area contributed by atoms with E-state index in [4.69, 9.17) is 12.2 Å². The molecule has 0 bridgehead atoms. The molecule has 0 N–H and O–H groups in total. The first-order chi connectivity index (χ1) is 23.1. The third kappa shape index (κ3) is 6.62. The van der Waals surface area contributed by atoms with Gasteiger partial charge in [0.25, 0.3) is 0 Å². The minimum atomic E-state index is -0.202. The molecule has 9 heteroatoms. The molecule has 4 heterocycles. The number of nitrogens with zero attached hydrogens (tertiary/aromatic N) is 5. The van der Waals surface area contributed by atoms with Gasteiger partial charge in [0.15, 0.2) is 0 Å². The van der Waals surface area contributed by atoms with E-state index in [-0.39, 0.29) is 59.0 Å². The predicted molar refractivity (Wildman–Crippen MR) is 171 cm³/mol. The summed E-state index contributed by atoms with van der Waals surface area (Å²) in [4.78, 5) is 17.5. The van der Waals surface area contributed by atoms with Gasteiger partial charge in [-0.05, 0) is 29.6 Å². The maximum atomic E-state index is 8.20. The quantitative estimate of drug-likeness (QED) is 0.119. The molecule has 0 spiro atoms. The van der Waals surface area contributed by atoms with Crippen molar-refractivity contribution in [1.82, 2.24) is 24.5 Å². The molecule has 7 nitrogen and oxygen atoms in total. The Kier molecular flexibility index (Phi) is 8.87. The molecule has 0 radical (unpaired) electrons. The second kappa shape index (κ2) is 14.2. The van der Waals surface area contributed by atoms with E-state index in [0.29, 0.717) is 34.0 Å². The molecule has 47 heavy (non-hydrogen) atoms. The fourth-order valence-electron chi connectivity index (χ4n) is 5.08. The summed E-state index contributed by atoms with van der Waals surface area (Å²) in [5.41, 5.74) is 4.38. The average molecular weight is 794 g/mol. The van der Waals surface area contributed by atoms with Crippen LogP contribution in [-0.2, 0) is 40.8 Å². The Hall–Kier alpha value is -5.02. The van der Waals surface area contributed by atoms with Crippen LogP contribution in [0, 0.1) is 24.3 Å². The van der Waals surface area contributed by atoms with Crippen molar-refractivity contribution in [3.63, 3.8) is 0 Å². The Morgan fingerprint density at radius 3 is 1.53 bits per heavy atom. The van der Waals surface area contributed by atoms with Gasteiger partial charge in [-0.2, -0.15) is 22.9 Å². The number of hydrogen-bond donors (Lipinski definition) is 0. The number of hydrogen-bond acceptors (Lipinski definition) is 6. The van der Waals surface area contributed by atoms with Crippen LogP contribution in [0.2, 0.25) is 0 Å². The van der Waals surface area contributed by atoms with Crippen LogP contribution in [0.15, 0.2) is 128 Å². The maximum Gasteiger partial charge on any atom is 2.00 e. The van der Waals surface area contributed by atoms with Crippen molar-refractivity contribution in [2.75, 3.05) is 0 Å². The molecule has 0 aliphatic heterocycles. The second-order valence-corrected chi connectivity index (χ2v) is 9.92. The van der Waals surface area contributed by atoms with Crippen LogP contribution < -0.4 is 9.47 Å². The van der Waals surface area contributed by atoms with Crippen molar-refractivity contribution in [3.8, 4) is 51.5 Å². The number of rotatable bonds is 7. The van der Waals surface area contributed by atoms with Gasteiger partial charge >= 0.3 is 40.8 Å². The third-order valence-electron chi connectivity index (χ3n) is 7.06. The number of ether oxygens (including phenoxy) is 2. The van der Waals surface area contributed by atoms with E-state index in [1.54, 1.807) is 17.0 Å². The van der Waals surface area contributed by atoms with E-state index in [0.717, 1.165) is 33.3 Å². The van der Waals surface area contributed by atoms with Crippen LogP contribution in [0.5, 0.6) is 23.0 Å². The van der Waals surface area contributed by atoms with Crippen LogP contribution in [0.1, 0.15) is 2.74 Å². The van der Waals surface area contributed by atoms with E-state index in [9.17, 15) is 0 Å². The van der Waals surface area contributed by atoms with Gasteiger partial charge in [-0.1, -0.05) is 47.4 Å². The molecule has 0 aliphatic carbocycles. The molecule has 0 unspecified atom stereocenters. The van der Waals surface area contributed by atoms with Gasteiger partial charge in [0, 0.05) is 47.8 Å². The molecule has 230 valence electrons. The zero-order valence-corrected chi connectivity index (χ0v) is 27.3. The summed E-state index contributed by atoms with van der Waals surface area (Å²) < 4.78 is 30.3. The topological polar surface area (TPSA) is 75.0 Å². The van der Waals surface area contributed by atoms with Gasteiger partial charge in [-0.3, -0.25) is 0 Å².